The van der Waals surface area contributed by atoms with Crippen LogP contribution in [0.3, 0.4) is 0 Å². The molecule has 0 aromatic heterocycles. The number of hydrogen-bond acceptors (Lipinski definition) is 5. The fourth-order valence-electron chi connectivity index (χ4n) is 4.44. The molecule has 3 aromatic rings. The van der Waals surface area contributed by atoms with Crippen LogP contribution >= 0.6 is 15.9 Å². The lowest BCUT2D eigenvalue weighted by atomic mass is 9.92. The van der Waals surface area contributed by atoms with Crippen molar-refractivity contribution in [2.24, 2.45) is 5.10 Å². The molecule has 0 atom stereocenters. The molecule has 0 N–H and O–H groups in total. The predicted octanol–water partition coefficient (Wildman–Crippen LogP) is 5.29. The number of nitrogens with zero attached hydrogens (tertiary/aromatic N) is 2. The van der Waals surface area contributed by atoms with Crippen molar-refractivity contribution in [3.63, 3.8) is 0 Å². The third-order valence-electron chi connectivity index (χ3n) is 5.84. The number of hydrazone groups is 1. The zero-order valence-electron chi connectivity index (χ0n) is 18.1. The number of amides is 2. The number of halogens is 1. The lowest BCUT2D eigenvalue weighted by Gasteiger charge is -2.23. The van der Waals surface area contributed by atoms with Gasteiger partial charge in [0.15, 0.2) is 11.5 Å². The van der Waals surface area contributed by atoms with E-state index in [0.29, 0.717) is 45.9 Å². The van der Waals surface area contributed by atoms with Crippen molar-refractivity contribution in [1.82, 2.24) is 5.01 Å². The first-order valence-corrected chi connectivity index (χ1v) is 11.5. The largest absolute Gasteiger partial charge is 0.490 e. The molecule has 2 amide bonds. The Morgan fingerprint density at radius 1 is 1.03 bits per heavy atom. The van der Waals surface area contributed by atoms with Gasteiger partial charge in [-0.25, -0.2) is 0 Å². The van der Waals surface area contributed by atoms with Gasteiger partial charge >= 0.3 is 0 Å². The van der Waals surface area contributed by atoms with Crippen LogP contribution in [0.2, 0.25) is 0 Å². The van der Waals surface area contributed by atoms with Gasteiger partial charge in [0.2, 0.25) is 0 Å². The second kappa shape index (κ2) is 8.48. The molecule has 1 heterocycles. The van der Waals surface area contributed by atoms with E-state index in [9.17, 15) is 9.59 Å². The van der Waals surface area contributed by atoms with Crippen LogP contribution in [0.1, 0.15) is 44.3 Å². The maximum Gasteiger partial charge on any atom is 0.282 e. The zero-order chi connectivity index (χ0) is 23.1. The minimum absolute atomic E-state index is 0.331. The van der Waals surface area contributed by atoms with Crippen LogP contribution in [0.5, 0.6) is 11.5 Å². The predicted molar refractivity (Wildman–Crippen MR) is 130 cm³/mol. The lowest BCUT2D eigenvalue weighted by molar-refractivity contribution is 0.0616. The molecule has 0 fully saturated rings. The van der Waals surface area contributed by atoms with Crippen molar-refractivity contribution in [3.05, 3.63) is 81.3 Å². The van der Waals surface area contributed by atoms with E-state index in [1.807, 2.05) is 31.2 Å². The summed E-state index contributed by atoms with van der Waals surface area (Å²) in [4.78, 5) is 26.4. The smallest absolute Gasteiger partial charge is 0.282 e. The van der Waals surface area contributed by atoms with Crippen LogP contribution in [-0.4, -0.2) is 36.3 Å². The number of carbonyl (C=O) groups excluding carboxylic acids is 2. The van der Waals surface area contributed by atoms with E-state index < -0.39 is 11.8 Å². The second-order valence-corrected chi connectivity index (χ2v) is 8.68. The molecule has 0 radical (unpaired) electrons. The van der Waals surface area contributed by atoms with Gasteiger partial charge in [-0.1, -0.05) is 24.8 Å². The Hall–Kier alpha value is -3.45. The minimum atomic E-state index is -0.422. The maximum absolute atomic E-state index is 13.2. The monoisotopic (exact) mass is 504 g/mol. The number of hydrogen-bond donors (Lipinski definition) is 0. The van der Waals surface area contributed by atoms with Gasteiger partial charge in [-0.05, 0) is 82.0 Å². The normalized spacial score (nSPS) is 14.4. The topological polar surface area (TPSA) is 68.2 Å². The number of aryl methyl sites for hydroxylation is 2. The number of benzene rings is 3. The summed E-state index contributed by atoms with van der Waals surface area (Å²) in [5, 5.41) is 7.02. The number of carbonyl (C=O) groups is 2. The quantitative estimate of drug-likeness (QED) is 0.249. The van der Waals surface area contributed by atoms with Gasteiger partial charge in [0.1, 0.15) is 6.61 Å². The highest BCUT2D eigenvalue weighted by molar-refractivity contribution is 9.10. The molecule has 0 spiro atoms. The van der Waals surface area contributed by atoms with Crippen LogP contribution in [0.25, 0.3) is 10.8 Å². The minimum Gasteiger partial charge on any atom is -0.490 e. The van der Waals surface area contributed by atoms with Crippen LogP contribution in [-0.2, 0) is 12.8 Å². The van der Waals surface area contributed by atoms with Crippen LogP contribution in [0.4, 0.5) is 0 Å². The molecule has 1 aliphatic heterocycles. The lowest BCUT2D eigenvalue weighted by Crippen LogP contribution is -2.36. The number of imide groups is 1. The van der Waals surface area contributed by atoms with Gasteiger partial charge in [0.05, 0.1) is 28.4 Å². The van der Waals surface area contributed by atoms with Gasteiger partial charge in [-0.15, -0.1) is 0 Å². The van der Waals surface area contributed by atoms with E-state index in [0.717, 1.165) is 28.6 Å². The fraction of sp³-hybridized carbons (Fsp3) is 0.192. The Bertz CT molecular complexity index is 1300. The van der Waals surface area contributed by atoms with Crippen LogP contribution in [0, 0.1) is 0 Å². The average molecular weight is 505 g/mol. The Morgan fingerprint density at radius 2 is 1.70 bits per heavy atom. The van der Waals surface area contributed by atoms with E-state index >= 15 is 0 Å². The molecule has 2 aliphatic rings. The van der Waals surface area contributed by atoms with E-state index in [-0.39, 0.29) is 0 Å². The molecular formula is C26H21BrN2O4. The first kappa shape index (κ1) is 21.4. The highest BCUT2D eigenvalue weighted by Crippen LogP contribution is 2.39. The standard InChI is InChI=1S/C26H21BrN2O4/c1-3-11-33-24-20(27)12-15(13-21(24)32-4-2)14-28-29-25(30)18-9-7-16-5-6-17-8-10-19(26(29)31)23(18)22(16)17/h3,7-10,12-14H,1,4-6,11H2,2H3. The van der Waals surface area contributed by atoms with Crippen molar-refractivity contribution in [2.75, 3.05) is 13.2 Å². The maximum atomic E-state index is 13.2. The molecule has 6 nitrogen and oxygen atoms in total. The second-order valence-electron chi connectivity index (χ2n) is 7.82. The Labute approximate surface area is 199 Å². The van der Waals surface area contributed by atoms with E-state index in [1.54, 1.807) is 18.2 Å². The Kier molecular flexibility index (Phi) is 5.50. The third kappa shape index (κ3) is 3.53. The summed E-state index contributed by atoms with van der Waals surface area (Å²) in [6.07, 6.45) is 4.99. The SMILES string of the molecule is C=CCOc1c(Br)cc(C=NN2C(=O)c3ccc4c5c(ccc(c35)C2=O)CC4)cc1OCC. The summed E-state index contributed by atoms with van der Waals surface area (Å²) >= 11 is 3.50. The molecule has 1 aliphatic carbocycles. The molecule has 3 aromatic carbocycles. The van der Waals surface area contributed by atoms with Crippen LogP contribution in [0.15, 0.2) is 58.6 Å². The van der Waals surface area contributed by atoms with Crippen molar-refractivity contribution in [1.29, 1.82) is 0 Å². The molecule has 5 rings (SSSR count). The van der Waals surface area contributed by atoms with Crippen molar-refractivity contribution in [2.45, 2.75) is 19.8 Å². The van der Waals surface area contributed by atoms with Gasteiger partial charge in [0, 0.05) is 5.39 Å². The summed E-state index contributed by atoms with van der Waals surface area (Å²) < 4.78 is 12.1. The molecule has 7 heteroatoms. The summed E-state index contributed by atoms with van der Waals surface area (Å²) in [5.74, 6) is 0.237. The average Bonchev–Trinajstić information content (AvgIpc) is 3.23. The van der Waals surface area contributed by atoms with E-state index in [1.165, 1.54) is 17.3 Å². The summed E-state index contributed by atoms with van der Waals surface area (Å²) in [6.45, 7) is 6.32. The first-order chi connectivity index (χ1) is 16.0. The molecule has 0 saturated carbocycles. The summed E-state index contributed by atoms with van der Waals surface area (Å²) in [6, 6.07) is 11.1. The van der Waals surface area contributed by atoms with Crippen molar-refractivity contribution >= 4 is 44.7 Å². The first-order valence-electron chi connectivity index (χ1n) is 10.7. The molecule has 0 unspecified atom stereocenters. The summed E-state index contributed by atoms with van der Waals surface area (Å²) in [5.41, 5.74) is 4.05. The Morgan fingerprint density at radius 3 is 2.30 bits per heavy atom. The number of ether oxygens (including phenoxy) is 2. The van der Waals surface area contributed by atoms with E-state index in [2.05, 4.69) is 27.6 Å². The fourth-order valence-corrected chi connectivity index (χ4v) is 5.02. The molecular weight excluding hydrogens is 484 g/mol. The zero-order valence-corrected chi connectivity index (χ0v) is 19.6. The summed E-state index contributed by atoms with van der Waals surface area (Å²) in [7, 11) is 0. The molecule has 166 valence electrons. The third-order valence-corrected chi connectivity index (χ3v) is 6.43. The van der Waals surface area contributed by atoms with Crippen LogP contribution < -0.4 is 9.47 Å². The highest BCUT2D eigenvalue weighted by atomic mass is 79.9. The Balaban J connectivity index is 1.51. The molecule has 0 bridgehead atoms. The van der Waals surface area contributed by atoms with Gasteiger partial charge in [-0.3, -0.25) is 9.59 Å². The van der Waals surface area contributed by atoms with Gasteiger partial charge in [0.25, 0.3) is 11.8 Å². The van der Waals surface area contributed by atoms with Gasteiger partial charge in [-0.2, -0.15) is 10.1 Å². The van der Waals surface area contributed by atoms with Crippen molar-refractivity contribution < 1.29 is 19.1 Å². The molecule has 33 heavy (non-hydrogen) atoms. The number of rotatable bonds is 7. The van der Waals surface area contributed by atoms with Gasteiger partial charge < -0.3 is 9.47 Å². The van der Waals surface area contributed by atoms with Crippen molar-refractivity contribution in [3.8, 4) is 11.5 Å². The van der Waals surface area contributed by atoms with E-state index in [4.69, 9.17) is 9.47 Å². The highest BCUT2D eigenvalue weighted by Gasteiger charge is 2.35. The molecule has 0 saturated heterocycles.